The van der Waals surface area contributed by atoms with Crippen molar-refractivity contribution in [2.45, 2.75) is 38.8 Å². The summed E-state index contributed by atoms with van der Waals surface area (Å²) in [6.07, 6.45) is 0.631. The molecule has 0 saturated carbocycles. The summed E-state index contributed by atoms with van der Waals surface area (Å²) in [4.78, 5) is 16.4. The van der Waals surface area contributed by atoms with E-state index in [4.69, 9.17) is 10.5 Å². The van der Waals surface area contributed by atoms with Gasteiger partial charge in [0.25, 0.3) is 0 Å². The fourth-order valence-electron chi connectivity index (χ4n) is 2.58. The van der Waals surface area contributed by atoms with E-state index in [9.17, 15) is 4.79 Å². The van der Waals surface area contributed by atoms with Crippen LogP contribution in [0, 0.1) is 0 Å². The van der Waals surface area contributed by atoms with Gasteiger partial charge in [0.05, 0.1) is 7.11 Å². The van der Waals surface area contributed by atoms with Crippen LogP contribution in [0.1, 0.15) is 27.2 Å². The summed E-state index contributed by atoms with van der Waals surface area (Å²) in [5.74, 6) is -0.332. The summed E-state index contributed by atoms with van der Waals surface area (Å²) in [5, 5.41) is 0. The Balaban J connectivity index is 2.46. The molecule has 1 fully saturated rings. The minimum absolute atomic E-state index is 0.304. The lowest BCUT2D eigenvalue weighted by Crippen LogP contribution is -2.54. The minimum Gasteiger partial charge on any atom is -0.468 e. The third kappa shape index (κ3) is 3.93. The van der Waals surface area contributed by atoms with E-state index < -0.39 is 5.54 Å². The van der Waals surface area contributed by atoms with Crippen LogP contribution in [0.2, 0.25) is 0 Å². The van der Waals surface area contributed by atoms with Crippen LogP contribution in [-0.4, -0.2) is 67.2 Å². The third-order valence-corrected chi connectivity index (χ3v) is 3.85. The van der Waals surface area contributed by atoms with Crippen LogP contribution in [-0.2, 0) is 9.53 Å². The number of methoxy groups -OCH3 is 1. The summed E-state index contributed by atoms with van der Waals surface area (Å²) in [5.41, 5.74) is 5.13. The van der Waals surface area contributed by atoms with Gasteiger partial charge in [-0.05, 0) is 26.8 Å². The van der Waals surface area contributed by atoms with E-state index in [1.54, 1.807) is 6.92 Å². The molecule has 5 heteroatoms. The maximum absolute atomic E-state index is 11.6. The Hall–Kier alpha value is -0.650. The summed E-state index contributed by atoms with van der Waals surface area (Å²) in [6, 6.07) is 0.304. The van der Waals surface area contributed by atoms with E-state index in [1.807, 2.05) is 0 Å². The van der Waals surface area contributed by atoms with Crippen molar-refractivity contribution in [2.75, 3.05) is 39.8 Å². The molecule has 0 amide bonds. The van der Waals surface area contributed by atoms with Gasteiger partial charge in [-0.25, -0.2) is 0 Å². The van der Waals surface area contributed by atoms with E-state index in [0.717, 1.165) is 32.7 Å². The van der Waals surface area contributed by atoms with E-state index >= 15 is 0 Å². The first-order chi connectivity index (χ1) is 8.40. The molecular formula is C13H27N3O2. The zero-order valence-corrected chi connectivity index (χ0v) is 12.1. The fourth-order valence-corrected chi connectivity index (χ4v) is 2.58. The van der Waals surface area contributed by atoms with E-state index in [1.165, 1.54) is 7.11 Å². The molecule has 1 aliphatic heterocycles. The molecule has 0 aromatic heterocycles. The highest BCUT2D eigenvalue weighted by molar-refractivity contribution is 5.79. The van der Waals surface area contributed by atoms with Crippen LogP contribution in [0.15, 0.2) is 0 Å². The lowest BCUT2D eigenvalue weighted by Gasteiger charge is -2.39. The van der Waals surface area contributed by atoms with Gasteiger partial charge < -0.3 is 15.4 Å². The molecule has 1 aliphatic rings. The number of nitrogens with two attached hydrogens (primary N) is 1. The molecule has 0 spiro atoms. The topological polar surface area (TPSA) is 58.8 Å². The zero-order valence-electron chi connectivity index (χ0n) is 12.1. The van der Waals surface area contributed by atoms with Crippen LogP contribution >= 0.6 is 0 Å². The summed E-state index contributed by atoms with van der Waals surface area (Å²) in [6.45, 7) is 11.5. The van der Waals surface area contributed by atoms with Gasteiger partial charge >= 0.3 is 5.97 Å². The van der Waals surface area contributed by atoms with Crippen LogP contribution in [0.5, 0.6) is 0 Å². The van der Waals surface area contributed by atoms with Crippen molar-refractivity contribution in [1.82, 2.24) is 9.80 Å². The normalized spacial score (nSPS) is 23.4. The van der Waals surface area contributed by atoms with Crippen LogP contribution in [0.25, 0.3) is 0 Å². The maximum Gasteiger partial charge on any atom is 0.325 e. The lowest BCUT2D eigenvalue weighted by atomic mass is 9.94. The van der Waals surface area contributed by atoms with Crippen molar-refractivity contribution in [3.63, 3.8) is 0 Å². The predicted molar refractivity (Wildman–Crippen MR) is 72.4 cm³/mol. The third-order valence-electron chi connectivity index (χ3n) is 3.85. The number of nitrogens with zero attached hydrogens (tertiary/aromatic N) is 2. The largest absolute Gasteiger partial charge is 0.468 e. The molecule has 1 saturated heterocycles. The molecule has 0 aliphatic carbocycles. The van der Waals surface area contributed by atoms with Crippen molar-refractivity contribution >= 4 is 5.97 Å². The quantitative estimate of drug-likeness (QED) is 0.718. The highest BCUT2D eigenvalue weighted by Crippen LogP contribution is 2.17. The van der Waals surface area contributed by atoms with Gasteiger partial charge in [-0.3, -0.25) is 9.69 Å². The van der Waals surface area contributed by atoms with E-state index in [2.05, 4.69) is 23.6 Å². The second kappa shape index (κ2) is 6.50. The van der Waals surface area contributed by atoms with Crippen LogP contribution in [0.3, 0.4) is 0 Å². The number of ether oxygens (including phenoxy) is 1. The highest BCUT2D eigenvalue weighted by atomic mass is 16.5. The fraction of sp³-hybridized carbons (Fsp3) is 0.923. The second-order valence-electron chi connectivity index (χ2n) is 5.43. The Morgan fingerprint density at radius 3 is 2.39 bits per heavy atom. The van der Waals surface area contributed by atoms with Crippen LogP contribution < -0.4 is 5.73 Å². The predicted octanol–water partition coefficient (Wildman–Crippen LogP) is 0.293. The van der Waals surface area contributed by atoms with Gasteiger partial charge in [-0.2, -0.15) is 0 Å². The molecule has 0 aromatic carbocycles. The molecule has 18 heavy (non-hydrogen) atoms. The minimum atomic E-state index is -0.893. The SMILES string of the molecule is CCN1CCN(C(C)CC(C)(N)C(=O)OC)CC1. The van der Waals surface area contributed by atoms with Gasteiger partial charge in [0.2, 0.25) is 0 Å². The van der Waals surface area contributed by atoms with Crippen molar-refractivity contribution < 1.29 is 9.53 Å². The van der Waals surface area contributed by atoms with Crippen LogP contribution in [0.4, 0.5) is 0 Å². The number of likely N-dealkylation sites (N-methyl/N-ethyl adjacent to an activating group) is 1. The number of carbonyl (C=O) groups is 1. The first kappa shape index (κ1) is 15.4. The number of carbonyl (C=O) groups excluding carboxylic acids is 1. The molecule has 0 aromatic rings. The molecule has 5 nitrogen and oxygen atoms in total. The Morgan fingerprint density at radius 1 is 1.39 bits per heavy atom. The highest BCUT2D eigenvalue weighted by Gasteiger charge is 2.33. The number of esters is 1. The Labute approximate surface area is 110 Å². The average molecular weight is 257 g/mol. The molecule has 2 N–H and O–H groups in total. The van der Waals surface area contributed by atoms with Crippen molar-refractivity contribution in [3.05, 3.63) is 0 Å². The van der Waals surface area contributed by atoms with Gasteiger partial charge in [0.1, 0.15) is 5.54 Å². The van der Waals surface area contributed by atoms with Gasteiger partial charge in [0, 0.05) is 32.2 Å². The van der Waals surface area contributed by atoms with Gasteiger partial charge in [-0.15, -0.1) is 0 Å². The second-order valence-corrected chi connectivity index (χ2v) is 5.43. The monoisotopic (exact) mass is 257 g/mol. The van der Waals surface area contributed by atoms with E-state index in [0.29, 0.717) is 12.5 Å². The number of piperazine rings is 1. The number of hydrogen-bond donors (Lipinski definition) is 1. The first-order valence-electron chi connectivity index (χ1n) is 6.74. The summed E-state index contributed by atoms with van der Waals surface area (Å²) in [7, 11) is 1.39. The smallest absolute Gasteiger partial charge is 0.325 e. The Kier molecular flexibility index (Phi) is 5.56. The maximum atomic E-state index is 11.6. The number of rotatable bonds is 5. The first-order valence-corrected chi connectivity index (χ1v) is 6.74. The molecule has 2 unspecified atom stereocenters. The zero-order chi connectivity index (χ0) is 13.8. The molecule has 2 atom stereocenters. The molecule has 0 radical (unpaired) electrons. The summed E-state index contributed by atoms with van der Waals surface area (Å²) < 4.78 is 4.75. The molecular weight excluding hydrogens is 230 g/mol. The average Bonchev–Trinajstić information content (AvgIpc) is 2.37. The summed E-state index contributed by atoms with van der Waals surface area (Å²) >= 11 is 0. The van der Waals surface area contributed by atoms with Crippen molar-refractivity contribution in [3.8, 4) is 0 Å². The molecule has 1 heterocycles. The molecule has 1 rings (SSSR count). The standard InChI is InChI=1S/C13H27N3O2/c1-5-15-6-8-16(9-7-15)11(2)10-13(3,14)12(17)18-4/h11H,5-10,14H2,1-4H3. The van der Waals surface area contributed by atoms with Crippen molar-refractivity contribution in [1.29, 1.82) is 0 Å². The van der Waals surface area contributed by atoms with E-state index in [-0.39, 0.29) is 5.97 Å². The Bertz CT molecular complexity index is 273. The van der Waals surface area contributed by atoms with Gasteiger partial charge in [0.15, 0.2) is 0 Å². The molecule has 106 valence electrons. The lowest BCUT2D eigenvalue weighted by molar-refractivity contribution is -0.147. The molecule has 0 bridgehead atoms. The van der Waals surface area contributed by atoms with Gasteiger partial charge in [-0.1, -0.05) is 6.92 Å². The number of hydrogen-bond acceptors (Lipinski definition) is 5. The van der Waals surface area contributed by atoms with Crippen molar-refractivity contribution in [2.24, 2.45) is 5.73 Å². The Morgan fingerprint density at radius 2 is 1.94 bits per heavy atom.